The van der Waals surface area contributed by atoms with Crippen molar-refractivity contribution in [3.63, 3.8) is 0 Å². The van der Waals surface area contributed by atoms with E-state index in [0.717, 1.165) is 18.2 Å². The van der Waals surface area contributed by atoms with Crippen LogP contribution in [0.25, 0.3) is 0 Å². The first-order valence-electron chi connectivity index (χ1n) is 10.1. The summed E-state index contributed by atoms with van der Waals surface area (Å²) in [5.74, 6) is -2.84. The van der Waals surface area contributed by atoms with E-state index in [2.05, 4.69) is 5.32 Å². The molecule has 0 aromatic heterocycles. The van der Waals surface area contributed by atoms with Crippen molar-refractivity contribution in [1.82, 2.24) is 0 Å². The summed E-state index contributed by atoms with van der Waals surface area (Å²) in [5.41, 5.74) is -0.980. The van der Waals surface area contributed by atoms with Gasteiger partial charge in [-0.05, 0) is 31.2 Å². The zero-order chi connectivity index (χ0) is 24.6. The van der Waals surface area contributed by atoms with Gasteiger partial charge in [0.05, 0.1) is 11.1 Å². The number of alkyl halides is 3. The van der Waals surface area contributed by atoms with Gasteiger partial charge in [-0.1, -0.05) is 42.5 Å². The number of carbonyl (C=O) groups is 4. The lowest BCUT2D eigenvalue weighted by atomic mass is 9.82. The number of fused-ring (bicyclic) bond motifs is 2. The smallest absolute Gasteiger partial charge is 0.416 e. The summed E-state index contributed by atoms with van der Waals surface area (Å²) < 4.78 is 43.8. The molecule has 9 heteroatoms. The average Bonchev–Trinajstić information content (AvgIpc) is 2.81. The van der Waals surface area contributed by atoms with Gasteiger partial charge in [0, 0.05) is 27.9 Å². The molecule has 0 heterocycles. The number of benzene rings is 3. The summed E-state index contributed by atoms with van der Waals surface area (Å²) >= 11 is 0. The van der Waals surface area contributed by atoms with E-state index in [0.29, 0.717) is 0 Å². The van der Waals surface area contributed by atoms with Gasteiger partial charge >= 0.3 is 12.1 Å². The molecule has 3 aromatic carbocycles. The first-order chi connectivity index (χ1) is 16.1. The molecule has 0 spiro atoms. The normalized spacial score (nSPS) is 13.5. The summed E-state index contributed by atoms with van der Waals surface area (Å²) in [6.07, 6.45) is -5.99. The predicted molar refractivity (Wildman–Crippen MR) is 115 cm³/mol. The summed E-state index contributed by atoms with van der Waals surface area (Å²) in [7, 11) is 0. The second kappa shape index (κ2) is 8.58. The molecule has 0 radical (unpaired) electrons. The zero-order valence-corrected chi connectivity index (χ0v) is 17.6. The Morgan fingerprint density at radius 1 is 0.853 bits per heavy atom. The van der Waals surface area contributed by atoms with E-state index in [1.165, 1.54) is 43.3 Å². The van der Waals surface area contributed by atoms with Crippen molar-refractivity contribution in [2.24, 2.45) is 0 Å². The van der Waals surface area contributed by atoms with Crippen LogP contribution in [0.4, 0.5) is 18.9 Å². The fraction of sp³-hybridized carbons (Fsp3) is 0.120. The lowest BCUT2D eigenvalue weighted by molar-refractivity contribution is -0.137. The van der Waals surface area contributed by atoms with Crippen LogP contribution < -0.4 is 5.32 Å². The van der Waals surface area contributed by atoms with E-state index in [1.807, 2.05) is 0 Å². The van der Waals surface area contributed by atoms with Crippen molar-refractivity contribution in [2.75, 3.05) is 5.32 Å². The van der Waals surface area contributed by atoms with Crippen molar-refractivity contribution < 1.29 is 37.1 Å². The number of halogens is 3. The highest BCUT2D eigenvalue weighted by Crippen LogP contribution is 2.31. The molecule has 0 bridgehead atoms. The van der Waals surface area contributed by atoms with Gasteiger partial charge in [0.25, 0.3) is 5.91 Å². The number of rotatable bonds is 4. The molecule has 4 rings (SSSR count). The Labute approximate surface area is 191 Å². The summed E-state index contributed by atoms with van der Waals surface area (Å²) in [4.78, 5) is 51.1. The third-order valence-corrected chi connectivity index (χ3v) is 5.28. The molecule has 172 valence electrons. The minimum Gasteiger partial charge on any atom is -0.449 e. The van der Waals surface area contributed by atoms with Crippen LogP contribution in [-0.4, -0.2) is 29.5 Å². The molecule has 0 aliphatic heterocycles. The topological polar surface area (TPSA) is 89.5 Å². The van der Waals surface area contributed by atoms with Crippen molar-refractivity contribution in [3.05, 3.63) is 100 Å². The molecule has 0 fully saturated rings. The third kappa shape index (κ3) is 4.19. The number of amides is 1. The molecule has 3 aromatic rings. The minimum atomic E-state index is -4.59. The maximum atomic E-state index is 13.0. The van der Waals surface area contributed by atoms with Crippen LogP contribution in [-0.2, 0) is 15.7 Å². The maximum absolute atomic E-state index is 13.0. The van der Waals surface area contributed by atoms with E-state index < -0.39 is 41.3 Å². The summed E-state index contributed by atoms with van der Waals surface area (Å²) in [5, 5.41) is 2.26. The molecule has 1 aliphatic carbocycles. The van der Waals surface area contributed by atoms with Crippen molar-refractivity contribution in [2.45, 2.75) is 19.2 Å². The number of esters is 1. The standard InChI is InChI=1S/C25H16F3NO5/c1-13(23(32)29-15-7-4-6-14(12-15)25(26,27)28)34-24(33)19-11-5-10-18-20(19)22(31)17-9-3-2-8-16(17)21(18)30/h2-13H,1H3,(H,29,32). The average molecular weight is 467 g/mol. The van der Waals surface area contributed by atoms with Crippen LogP contribution in [0.1, 0.15) is 54.7 Å². The molecule has 6 nitrogen and oxygen atoms in total. The lowest BCUT2D eigenvalue weighted by Crippen LogP contribution is -2.31. The quantitative estimate of drug-likeness (QED) is 0.441. The second-order valence-corrected chi connectivity index (χ2v) is 7.55. The number of anilines is 1. The van der Waals surface area contributed by atoms with Gasteiger partial charge in [0.2, 0.25) is 0 Å². The van der Waals surface area contributed by atoms with Crippen molar-refractivity contribution in [3.8, 4) is 0 Å². The van der Waals surface area contributed by atoms with Crippen molar-refractivity contribution in [1.29, 1.82) is 0 Å². The predicted octanol–water partition coefficient (Wildman–Crippen LogP) is 4.66. The first kappa shape index (κ1) is 22.9. The van der Waals surface area contributed by atoms with Gasteiger partial charge in [0.15, 0.2) is 17.7 Å². The molecule has 0 saturated heterocycles. The Morgan fingerprint density at radius 3 is 2.15 bits per heavy atom. The number of carbonyl (C=O) groups excluding carboxylic acids is 4. The van der Waals surface area contributed by atoms with Gasteiger partial charge in [-0.3, -0.25) is 14.4 Å². The molecule has 1 unspecified atom stereocenters. The molecular formula is C25H16F3NO5. The molecule has 1 amide bonds. The molecule has 1 atom stereocenters. The zero-order valence-electron chi connectivity index (χ0n) is 17.6. The summed E-state index contributed by atoms with van der Waals surface area (Å²) in [6, 6.07) is 14.4. The van der Waals surface area contributed by atoms with E-state index in [1.54, 1.807) is 12.1 Å². The fourth-order valence-electron chi connectivity index (χ4n) is 3.61. The van der Waals surface area contributed by atoms with Crippen LogP contribution >= 0.6 is 0 Å². The Bertz CT molecular complexity index is 1350. The Balaban J connectivity index is 1.54. The molecule has 1 aliphatic rings. The van der Waals surface area contributed by atoms with Gasteiger partial charge in [0.1, 0.15) is 0 Å². The molecule has 1 N–H and O–H groups in total. The van der Waals surface area contributed by atoms with Crippen LogP contribution in [0.15, 0.2) is 66.7 Å². The minimum absolute atomic E-state index is 0.0409. The Hall–Kier alpha value is -4.27. The number of ether oxygens (including phenoxy) is 1. The first-order valence-corrected chi connectivity index (χ1v) is 10.1. The molecule has 34 heavy (non-hydrogen) atoms. The monoisotopic (exact) mass is 467 g/mol. The number of hydrogen-bond acceptors (Lipinski definition) is 5. The Morgan fingerprint density at radius 2 is 1.47 bits per heavy atom. The number of hydrogen-bond donors (Lipinski definition) is 1. The molecule has 0 saturated carbocycles. The van der Waals surface area contributed by atoms with Crippen LogP contribution in [0.2, 0.25) is 0 Å². The Kier molecular flexibility index (Phi) is 5.78. The van der Waals surface area contributed by atoms with Crippen LogP contribution in [0.5, 0.6) is 0 Å². The molecular weight excluding hydrogens is 451 g/mol. The van der Waals surface area contributed by atoms with Crippen molar-refractivity contribution >= 4 is 29.1 Å². The maximum Gasteiger partial charge on any atom is 0.416 e. The number of ketones is 2. The largest absolute Gasteiger partial charge is 0.449 e. The second-order valence-electron chi connectivity index (χ2n) is 7.55. The highest BCUT2D eigenvalue weighted by molar-refractivity contribution is 6.30. The van der Waals surface area contributed by atoms with Gasteiger partial charge < -0.3 is 10.1 Å². The number of nitrogens with one attached hydrogen (secondary N) is 1. The van der Waals surface area contributed by atoms with Crippen LogP contribution in [0, 0.1) is 0 Å². The van der Waals surface area contributed by atoms with Gasteiger partial charge in [-0.2, -0.15) is 13.2 Å². The lowest BCUT2D eigenvalue weighted by Gasteiger charge is -2.20. The van der Waals surface area contributed by atoms with Crippen LogP contribution in [0.3, 0.4) is 0 Å². The van der Waals surface area contributed by atoms with Gasteiger partial charge in [-0.15, -0.1) is 0 Å². The van der Waals surface area contributed by atoms with E-state index in [9.17, 15) is 32.3 Å². The third-order valence-electron chi connectivity index (χ3n) is 5.28. The van der Waals surface area contributed by atoms with E-state index >= 15 is 0 Å². The van der Waals surface area contributed by atoms with E-state index in [-0.39, 0.29) is 33.5 Å². The van der Waals surface area contributed by atoms with Gasteiger partial charge in [-0.25, -0.2) is 4.79 Å². The highest BCUT2D eigenvalue weighted by atomic mass is 19.4. The summed E-state index contributed by atoms with van der Waals surface area (Å²) in [6.45, 7) is 1.23. The SMILES string of the molecule is CC(OC(=O)c1cccc2c1C(=O)c1ccccc1C2=O)C(=O)Nc1cccc(C(F)(F)F)c1. The van der Waals surface area contributed by atoms with E-state index in [4.69, 9.17) is 4.74 Å². The fourth-order valence-corrected chi connectivity index (χ4v) is 3.61. The highest BCUT2D eigenvalue weighted by Gasteiger charge is 2.34.